The number of ether oxygens (including phenoxy) is 1. The van der Waals surface area contributed by atoms with Crippen LogP contribution in [0.4, 0.5) is 0 Å². The van der Waals surface area contributed by atoms with Crippen molar-refractivity contribution in [3.63, 3.8) is 0 Å². The van der Waals surface area contributed by atoms with Crippen LogP contribution in [0.2, 0.25) is 0 Å². The Balaban J connectivity index is 1.83. The standard InChI is InChI=1S/C17H14N4O/c1-2-22-13-9-7-12(8-10-13)16-19-17-14-5-3-4-6-15(14)18-11-21(17)20-16/h3-11H,2H2,1H3. The zero-order valence-corrected chi connectivity index (χ0v) is 12.1. The van der Waals surface area contributed by atoms with Crippen LogP contribution < -0.4 is 4.74 Å². The Morgan fingerprint density at radius 1 is 1.05 bits per heavy atom. The molecular weight excluding hydrogens is 276 g/mol. The molecule has 0 saturated heterocycles. The van der Waals surface area contributed by atoms with Gasteiger partial charge in [0.1, 0.15) is 12.1 Å². The second kappa shape index (κ2) is 5.11. The SMILES string of the molecule is CCOc1ccc(-c2nc3c4ccccc4ncn3n2)cc1. The fraction of sp³-hybridized carbons (Fsp3) is 0.118. The van der Waals surface area contributed by atoms with Crippen molar-refractivity contribution in [3.8, 4) is 17.1 Å². The van der Waals surface area contributed by atoms with Gasteiger partial charge in [0, 0.05) is 10.9 Å². The van der Waals surface area contributed by atoms with E-state index in [1.165, 1.54) is 0 Å². The van der Waals surface area contributed by atoms with Crippen LogP contribution in [-0.4, -0.2) is 26.2 Å². The van der Waals surface area contributed by atoms with Gasteiger partial charge in [0.05, 0.1) is 12.1 Å². The molecule has 4 aromatic rings. The van der Waals surface area contributed by atoms with Gasteiger partial charge in [-0.25, -0.2) is 14.5 Å². The molecule has 0 fully saturated rings. The number of hydrogen-bond donors (Lipinski definition) is 0. The number of fused-ring (bicyclic) bond motifs is 3. The molecule has 2 aromatic heterocycles. The highest BCUT2D eigenvalue weighted by molar-refractivity contribution is 5.91. The summed E-state index contributed by atoms with van der Waals surface area (Å²) in [5, 5.41) is 5.51. The van der Waals surface area contributed by atoms with E-state index in [1.807, 2.05) is 55.5 Å². The van der Waals surface area contributed by atoms with Crippen LogP contribution in [0.5, 0.6) is 5.75 Å². The lowest BCUT2D eigenvalue weighted by Gasteiger charge is -2.02. The normalized spacial score (nSPS) is 11.1. The number of aromatic nitrogens is 4. The van der Waals surface area contributed by atoms with E-state index < -0.39 is 0 Å². The first-order chi connectivity index (χ1) is 10.8. The average molecular weight is 290 g/mol. The summed E-state index contributed by atoms with van der Waals surface area (Å²) in [6.07, 6.45) is 1.70. The van der Waals surface area contributed by atoms with Gasteiger partial charge < -0.3 is 4.74 Å². The fourth-order valence-electron chi connectivity index (χ4n) is 2.47. The first-order valence-corrected chi connectivity index (χ1v) is 7.18. The molecule has 5 heteroatoms. The van der Waals surface area contributed by atoms with Gasteiger partial charge in [-0.05, 0) is 43.3 Å². The molecular formula is C17H14N4O. The van der Waals surface area contributed by atoms with Crippen molar-refractivity contribution in [2.45, 2.75) is 6.92 Å². The third-order valence-electron chi connectivity index (χ3n) is 3.51. The molecule has 0 aliphatic rings. The fourth-order valence-corrected chi connectivity index (χ4v) is 2.47. The molecule has 5 nitrogen and oxygen atoms in total. The van der Waals surface area contributed by atoms with Crippen LogP contribution in [-0.2, 0) is 0 Å². The van der Waals surface area contributed by atoms with Crippen molar-refractivity contribution in [2.75, 3.05) is 6.61 Å². The van der Waals surface area contributed by atoms with Gasteiger partial charge in [-0.2, -0.15) is 0 Å². The van der Waals surface area contributed by atoms with Gasteiger partial charge in [-0.15, -0.1) is 5.10 Å². The number of hydrogen-bond acceptors (Lipinski definition) is 4. The number of rotatable bonds is 3. The molecule has 0 bridgehead atoms. The summed E-state index contributed by atoms with van der Waals surface area (Å²) in [5.74, 6) is 1.53. The van der Waals surface area contributed by atoms with Crippen molar-refractivity contribution < 1.29 is 4.74 Å². The van der Waals surface area contributed by atoms with E-state index in [2.05, 4.69) is 15.1 Å². The Kier molecular flexibility index (Phi) is 2.96. The van der Waals surface area contributed by atoms with Crippen LogP contribution in [0.3, 0.4) is 0 Å². The monoisotopic (exact) mass is 290 g/mol. The molecule has 2 aromatic carbocycles. The maximum absolute atomic E-state index is 5.46. The number of nitrogens with zero attached hydrogens (tertiary/aromatic N) is 4. The van der Waals surface area contributed by atoms with Crippen molar-refractivity contribution >= 4 is 16.6 Å². The third-order valence-corrected chi connectivity index (χ3v) is 3.51. The predicted molar refractivity (Wildman–Crippen MR) is 84.9 cm³/mol. The minimum atomic E-state index is 0.656. The molecule has 0 N–H and O–H groups in total. The molecule has 0 spiro atoms. The topological polar surface area (TPSA) is 52.3 Å². The van der Waals surface area contributed by atoms with Crippen molar-refractivity contribution in [1.29, 1.82) is 0 Å². The minimum absolute atomic E-state index is 0.656. The van der Waals surface area contributed by atoms with E-state index in [4.69, 9.17) is 4.74 Å². The summed E-state index contributed by atoms with van der Waals surface area (Å²) in [6, 6.07) is 15.7. The first kappa shape index (κ1) is 12.8. The maximum Gasteiger partial charge on any atom is 0.182 e. The molecule has 108 valence electrons. The molecule has 22 heavy (non-hydrogen) atoms. The zero-order chi connectivity index (χ0) is 14.9. The summed E-state index contributed by atoms with van der Waals surface area (Å²) in [4.78, 5) is 9.05. The van der Waals surface area contributed by atoms with E-state index in [0.29, 0.717) is 12.4 Å². The largest absolute Gasteiger partial charge is 0.494 e. The Hall–Kier alpha value is -2.95. The van der Waals surface area contributed by atoms with Gasteiger partial charge >= 0.3 is 0 Å². The lowest BCUT2D eigenvalue weighted by atomic mass is 10.2. The van der Waals surface area contributed by atoms with Crippen molar-refractivity contribution in [3.05, 3.63) is 54.9 Å². The Bertz CT molecular complexity index is 944. The highest BCUT2D eigenvalue weighted by atomic mass is 16.5. The van der Waals surface area contributed by atoms with Crippen molar-refractivity contribution in [1.82, 2.24) is 19.6 Å². The van der Waals surface area contributed by atoms with Crippen LogP contribution in [0.15, 0.2) is 54.9 Å². The minimum Gasteiger partial charge on any atom is -0.494 e. The predicted octanol–water partition coefficient (Wildman–Crippen LogP) is 3.34. The van der Waals surface area contributed by atoms with Gasteiger partial charge in [0.25, 0.3) is 0 Å². The zero-order valence-electron chi connectivity index (χ0n) is 12.1. The molecule has 0 aliphatic carbocycles. The second-order valence-corrected chi connectivity index (χ2v) is 4.92. The van der Waals surface area contributed by atoms with Gasteiger partial charge in [-0.1, -0.05) is 12.1 Å². The molecule has 0 amide bonds. The molecule has 0 saturated carbocycles. The van der Waals surface area contributed by atoms with E-state index in [1.54, 1.807) is 10.8 Å². The Morgan fingerprint density at radius 2 is 1.86 bits per heavy atom. The highest BCUT2D eigenvalue weighted by Crippen LogP contribution is 2.22. The number of para-hydroxylation sites is 1. The molecule has 0 aliphatic heterocycles. The molecule has 2 heterocycles. The van der Waals surface area contributed by atoms with E-state index in [9.17, 15) is 0 Å². The molecule has 0 unspecified atom stereocenters. The highest BCUT2D eigenvalue weighted by Gasteiger charge is 2.09. The summed E-state index contributed by atoms with van der Waals surface area (Å²) in [7, 11) is 0. The van der Waals surface area contributed by atoms with E-state index >= 15 is 0 Å². The van der Waals surface area contributed by atoms with Gasteiger partial charge in [-0.3, -0.25) is 0 Å². The Morgan fingerprint density at radius 3 is 2.68 bits per heavy atom. The number of benzene rings is 2. The maximum atomic E-state index is 5.46. The van der Waals surface area contributed by atoms with Crippen LogP contribution in [0.25, 0.3) is 27.9 Å². The first-order valence-electron chi connectivity index (χ1n) is 7.18. The summed E-state index contributed by atoms with van der Waals surface area (Å²) >= 11 is 0. The lowest BCUT2D eigenvalue weighted by Crippen LogP contribution is -1.91. The van der Waals surface area contributed by atoms with Crippen LogP contribution >= 0.6 is 0 Å². The summed E-state index contributed by atoms with van der Waals surface area (Å²) in [6.45, 7) is 2.62. The van der Waals surface area contributed by atoms with Crippen LogP contribution in [0.1, 0.15) is 6.92 Å². The smallest absolute Gasteiger partial charge is 0.182 e. The third kappa shape index (κ3) is 2.07. The van der Waals surface area contributed by atoms with Crippen LogP contribution in [0, 0.1) is 0 Å². The quantitative estimate of drug-likeness (QED) is 0.580. The summed E-state index contributed by atoms with van der Waals surface area (Å²) < 4.78 is 7.17. The summed E-state index contributed by atoms with van der Waals surface area (Å²) in [5.41, 5.74) is 2.69. The van der Waals surface area contributed by atoms with Gasteiger partial charge in [0.2, 0.25) is 0 Å². The second-order valence-electron chi connectivity index (χ2n) is 4.92. The lowest BCUT2D eigenvalue weighted by molar-refractivity contribution is 0.340. The van der Waals surface area contributed by atoms with E-state index in [0.717, 1.165) is 27.9 Å². The Labute approximate surface area is 127 Å². The molecule has 0 atom stereocenters. The van der Waals surface area contributed by atoms with E-state index in [-0.39, 0.29) is 0 Å². The average Bonchev–Trinajstić information content (AvgIpc) is 3.00. The molecule has 0 radical (unpaired) electrons. The van der Waals surface area contributed by atoms with Gasteiger partial charge in [0.15, 0.2) is 11.5 Å². The van der Waals surface area contributed by atoms with Crippen molar-refractivity contribution in [2.24, 2.45) is 0 Å². The molecule has 4 rings (SSSR count).